The highest BCUT2D eigenvalue weighted by Crippen LogP contribution is 2.31. The molecule has 1 saturated heterocycles. The summed E-state index contributed by atoms with van der Waals surface area (Å²) in [7, 11) is -1.70. The van der Waals surface area contributed by atoms with Crippen molar-refractivity contribution >= 4 is 10.0 Å². The summed E-state index contributed by atoms with van der Waals surface area (Å²) in [6, 6.07) is 0.791. The SMILES string of the molecule is COC[C@H](C)S(=O)(=O)NC[C@H]1CCN(C2CC2)C1. The zero-order chi connectivity index (χ0) is 13.2. The minimum Gasteiger partial charge on any atom is -0.383 e. The molecular weight excluding hydrogens is 252 g/mol. The minimum atomic E-state index is -3.23. The Kier molecular flexibility index (Phi) is 4.64. The summed E-state index contributed by atoms with van der Waals surface area (Å²) in [6.45, 7) is 4.67. The summed E-state index contributed by atoms with van der Waals surface area (Å²) in [6.07, 6.45) is 3.75. The van der Waals surface area contributed by atoms with Crippen LogP contribution in [0.15, 0.2) is 0 Å². The van der Waals surface area contributed by atoms with Crippen molar-refractivity contribution < 1.29 is 13.2 Å². The molecule has 1 saturated carbocycles. The van der Waals surface area contributed by atoms with E-state index < -0.39 is 15.3 Å². The molecule has 0 spiro atoms. The second-order valence-electron chi connectivity index (χ2n) is 5.54. The van der Waals surface area contributed by atoms with Crippen LogP contribution in [-0.2, 0) is 14.8 Å². The number of rotatable bonds is 7. The van der Waals surface area contributed by atoms with Gasteiger partial charge in [-0.2, -0.15) is 0 Å². The van der Waals surface area contributed by atoms with E-state index in [4.69, 9.17) is 4.74 Å². The van der Waals surface area contributed by atoms with Crippen LogP contribution in [0.2, 0.25) is 0 Å². The van der Waals surface area contributed by atoms with Gasteiger partial charge in [0.1, 0.15) is 0 Å². The number of nitrogens with zero attached hydrogens (tertiary/aromatic N) is 1. The number of methoxy groups -OCH3 is 1. The van der Waals surface area contributed by atoms with Gasteiger partial charge in [0.05, 0.1) is 11.9 Å². The van der Waals surface area contributed by atoms with Gasteiger partial charge in [0.25, 0.3) is 0 Å². The molecule has 1 heterocycles. The fourth-order valence-electron chi connectivity index (χ4n) is 2.50. The van der Waals surface area contributed by atoms with Gasteiger partial charge in [-0.3, -0.25) is 0 Å². The first-order valence-electron chi connectivity index (χ1n) is 6.74. The quantitative estimate of drug-likeness (QED) is 0.732. The van der Waals surface area contributed by atoms with E-state index in [0.717, 1.165) is 25.6 Å². The normalized spacial score (nSPS) is 27.6. The third kappa shape index (κ3) is 3.66. The third-order valence-electron chi connectivity index (χ3n) is 3.88. The Labute approximate surface area is 110 Å². The lowest BCUT2D eigenvalue weighted by Crippen LogP contribution is -2.38. The number of nitrogens with one attached hydrogen (secondary N) is 1. The molecule has 2 fully saturated rings. The van der Waals surface area contributed by atoms with Crippen molar-refractivity contribution in [3.8, 4) is 0 Å². The van der Waals surface area contributed by atoms with Crippen LogP contribution in [0.1, 0.15) is 26.2 Å². The molecular formula is C12H24N2O3S. The van der Waals surface area contributed by atoms with Gasteiger partial charge in [-0.1, -0.05) is 0 Å². The summed E-state index contributed by atoms with van der Waals surface area (Å²) >= 11 is 0. The Hall–Kier alpha value is -0.170. The third-order valence-corrected chi connectivity index (χ3v) is 5.65. The lowest BCUT2D eigenvalue weighted by Gasteiger charge is -2.17. The van der Waals surface area contributed by atoms with Gasteiger partial charge >= 0.3 is 0 Å². The smallest absolute Gasteiger partial charge is 0.216 e. The van der Waals surface area contributed by atoms with E-state index in [9.17, 15) is 8.42 Å². The average molecular weight is 276 g/mol. The molecule has 0 bridgehead atoms. The maximum Gasteiger partial charge on any atom is 0.216 e. The van der Waals surface area contributed by atoms with E-state index in [1.165, 1.54) is 20.0 Å². The van der Waals surface area contributed by atoms with Crippen molar-refractivity contribution in [3.05, 3.63) is 0 Å². The molecule has 0 aromatic carbocycles. The molecule has 0 aromatic heterocycles. The lowest BCUT2D eigenvalue weighted by molar-refractivity contribution is 0.200. The van der Waals surface area contributed by atoms with E-state index in [0.29, 0.717) is 12.5 Å². The second-order valence-corrected chi connectivity index (χ2v) is 7.72. The Bertz CT molecular complexity index is 368. The van der Waals surface area contributed by atoms with Crippen molar-refractivity contribution in [2.24, 2.45) is 5.92 Å². The maximum absolute atomic E-state index is 11.9. The fourth-order valence-corrected chi connectivity index (χ4v) is 3.57. The van der Waals surface area contributed by atoms with Crippen molar-refractivity contribution in [1.29, 1.82) is 0 Å². The van der Waals surface area contributed by atoms with Gasteiger partial charge in [-0.05, 0) is 38.6 Å². The topological polar surface area (TPSA) is 58.6 Å². The molecule has 0 radical (unpaired) electrons. The van der Waals surface area contributed by atoms with Crippen LogP contribution >= 0.6 is 0 Å². The number of sulfonamides is 1. The van der Waals surface area contributed by atoms with E-state index in [2.05, 4.69) is 9.62 Å². The number of hydrogen-bond acceptors (Lipinski definition) is 4. The zero-order valence-corrected chi connectivity index (χ0v) is 12.1. The average Bonchev–Trinajstić information content (AvgIpc) is 3.07. The van der Waals surface area contributed by atoms with Crippen LogP contribution in [0.5, 0.6) is 0 Å². The van der Waals surface area contributed by atoms with Crippen LogP contribution in [0.25, 0.3) is 0 Å². The van der Waals surface area contributed by atoms with E-state index in [-0.39, 0.29) is 6.61 Å². The van der Waals surface area contributed by atoms with Gasteiger partial charge < -0.3 is 9.64 Å². The van der Waals surface area contributed by atoms with Gasteiger partial charge in [0, 0.05) is 26.2 Å². The monoisotopic (exact) mass is 276 g/mol. The van der Waals surface area contributed by atoms with Crippen molar-refractivity contribution in [2.45, 2.75) is 37.5 Å². The Morgan fingerprint density at radius 1 is 1.39 bits per heavy atom. The molecule has 2 rings (SSSR count). The highest BCUT2D eigenvalue weighted by molar-refractivity contribution is 7.90. The van der Waals surface area contributed by atoms with Crippen molar-refractivity contribution in [1.82, 2.24) is 9.62 Å². The van der Waals surface area contributed by atoms with Gasteiger partial charge in [-0.15, -0.1) is 0 Å². The van der Waals surface area contributed by atoms with Crippen LogP contribution in [0.3, 0.4) is 0 Å². The molecule has 1 aliphatic carbocycles. The molecule has 0 aromatic rings. The summed E-state index contributed by atoms with van der Waals surface area (Å²) in [5.41, 5.74) is 0. The maximum atomic E-state index is 11.9. The van der Waals surface area contributed by atoms with Crippen molar-refractivity contribution in [2.75, 3.05) is 33.4 Å². The molecule has 1 aliphatic heterocycles. The second kappa shape index (κ2) is 5.86. The zero-order valence-electron chi connectivity index (χ0n) is 11.3. The minimum absolute atomic E-state index is 0.244. The summed E-state index contributed by atoms with van der Waals surface area (Å²) in [5.74, 6) is 0.468. The van der Waals surface area contributed by atoms with E-state index in [1.54, 1.807) is 6.92 Å². The number of hydrogen-bond donors (Lipinski definition) is 1. The molecule has 0 unspecified atom stereocenters. The van der Waals surface area contributed by atoms with Crippen LogP contribution < -0.4 is 4.72 Å². The first kappa shape index (κ1) is 14.2. The van der Waals surface area contributed by atoms with Crippen LogP contribution in [-0.4, -0.2) is 58.0 Å². The Morgan fingerprint density at radius 3 is 2.72 bits per heavy atom. The van der Waals surface area contributed by atoms with Gasteiger partial charge in [-0.25, -0.2) is 13.1 Å². The van der Waals surface area contributed by atoms with Crippen LogP contribution in [0.4, 0.5) is 0 Å². The molecule has 106 valence electrons. The predicted octanol–water partition coefficient (Wildman–Crippen LogP) is 0.425. The van der Waals surface area contributed by atoms with E-state index >= 15 is 0 Å². The van der Waals surface area contributed by atoms with Gasteiger partial charge in [0.2, 0.25) is 10.0 Å². The molecule has 1 N–H and O–H groups in total. The first-order chi connectivity index (χ1) is 8.53. The molecule has 2 aliphatic rings. The number of likely N-dealkylation sites (tertiary alicyclic amines) is 1. The Balaban J connectivity index is 1.74. The molecule has 0 amide bonds. The molecule has 18 heavy (non-hydrogen) atoms. The summed E-state index contributed by atoms with van der Waals surface area (Å²) in [4.78, 5) is 2.50. The molecule has 2 atom stereocenters. The Morgan fingerprint density at radius 2 is 2.11 bits per heavy atom. The summed E-state index contributed by atoms with van der Waals surface area (Å²) in [5, 5.41) is -0.483. The lowest BCUT2D eigenvalue weighted by atomic mass is 10.1. The molecule has 6 heteroatoms. The molecule has 5 nitrogen and oxygen atoms in total. The van der Waals surface area contributed by atoms with Crippen LogP contribution in [0, 0.1) is 5.92 Å². The standard InChI is InChI=1S/C12H24N2O3S/c1-10(9-17-2)18(15,16)13-7-11-5-6-14(8-11)12-3-4-12/h10-13H,3-9H2,1-2H3/t10-,11+/m0/s1. The summed E-state index contributed by atoms with van der Waals surface area (Å²) < 4.78 is 31.4. The highest BCUT2D eigenvalue weighted by Gasteiger charge is 2.34. The largest absolute Gasteiger partial charge is 0.383 e. The predicted molar refractivity (Wildman–Crippen MR) is 71.0 cm³/mol. The van der Waals surface area contributed by atoms with Crippen molar-refractivity contribution in [3.63, 3.8) is 0 Å². The first-order valence-corrected chi connectivity index (χ1v) is 8.29. The van der Waals surface area contributed by atoms with E-state index in [1.807, 2.05) is 0 Å². The van der Waals surface area contributed by atoms with Gasteiger partial charge in [0.15, 0.2) is 0 Å². The number of ether oxygens (including phenoxy) is 1. The fraction of sp³-hybridized carbons (Fsp3) is 1.00. The highest BCUT2D eigenvalue weighted by atomic mass is 32.2.